The van der Waals surface area contributed by atoms with E-state index in [0.717, 1.165) is 0 Å². The van der Waals surface area contributed by atoms with E-state index in [1.54, 1.807) is 0 Å². The van der Waals surface area contributed by atoms with Gasteiger partial charge in [-0.05, 0) is 15.1 Å². The summed E-state index contributed by atoms with van der Waals surface area (Å²) in [6.45, 7) is 16.5. The topological polar surface area (TPSA) is 0 Å². The van der Waals surface area contributed by atoms with Gasteiger partial charge in [-0.1, -0.05) is 62.3 Å². The molecule has 0 spiro atoms. The molecular formula is C12H27Cl5Si3. The average Bonchev–Trinajstić information content (AvgIpc) is 2.07. The largest absolute Gasteiger partial charge is 0.341 e. The SMILES string of the molecule is CC(C)(C)[Si](Cl)(C(C)(C)C)[Si](Cl)(C(C)(C)C)[Si](Cl)(Cl)Cl. The Morgan fingerprint density at radius 3 is 0.800 bits per heavy atom. The third-order valence-corrected chi connectivity index (χ3v) is 62.4. The lowest BCUT2D eigenvalue weighted by atomic mass is 10.2. The maximum Gasteiger partial charge on any atom is 0.341 e. The first-order chi connectivity index (χ1) is 8.25. The van der Waals surface area contributed by atoms with Crippen LogP contribution in [0.3, 0.4) is 0 Å². The molecule has 20 heavy (non-hydrogen) atoms. The molecule has 0 saturated heterocycles. The summed E-state index contributed by atoms with van der Waals surface area (Å²) in [7, 11) is 0. The van der Waals surface area contributed by atoms with Gasteiger partial charge in [-0.2, -0.15) is 22.2 Å². The molecule has 0 aliphatic heterocycles. The predicted molar refractivity (Wildman–Crippen MR) is 106 cm³/mol. The van der Waals surface area contributed by atoms with Gasteiger partial charge in [0.05, 0.1) is 0 Å². The van der Waals surface area contributed by atoms with Crippen LogP contribution in [0.4, 0.5) is 0 Å². The fourth-order valence-electron chi connectivity index (χ4n) is 3.30. The third-order valence-electron chi connectivity index (χ3n) is 3.97. The van der Waals surface area contributed by atoms with Crippen LogP contribution in [0.25, 0.3) is 0 Å². The van der Waals surface area contributed by atoms with Gasteiger partial charge in [0.1, 0.15) is 0 Å². The summed E-state index contributed by atoms with van der Waals surface area (Å²) in [5, 5.41) is -0.559. The maximum atomic E-state index is 7.42. The van der Waals surface area contributed by atoms with Crippen molar-refractivity contribution in [3.05, 3.63) is 0 Å². The van der Waals surface area contributed by atoms with Crippen molar-refractivity contribution in [1.29, 1.82) is 0 Å². The second kappa shape index (κ2) is 5.87. The highest BCUT2D eigenvalue weighted by Gasteiger charge is 2.78. The van der Waals surface area contributed by atoms with Crippen molar-refractivity contribution in [1.82, 2.24) is 0 Å². The number of rotatable bonds is 2. The van der Waals surface area contributed by atoms with Gasteiger partial charge in [0.2, 0.25) is 6.42 Å². The normalized spacial score (nSPS) is 18.9. The minimum absolute atomic E-state index is 0.148. The van der Waals surface area contributed by atoms with Crippen molar-refractivity contribution in [2.75, 3.05) is 0 Å². The number of halogens is 5. The van der Waals surface area contributed by atoms with Crippen molar-refractivity contribution >= 4 is 74.2 Å². The summed E-state index contributed by atoms with van der Waals surface area (Å²) in [6, 6.07) is 0. The molecule has 1 unspecified atom stereocenters. The van der Waals surface area contributed by atoms with E-state index in [9.17, 15) is 0 Å². The molecule has 0 aromatic carbocycles. The molecule has 0 aromatic heterocycles. The van der Waals surface area contributed by atoms with Crippen LogP contribution in [0.2, 0.25) is 15.1 Å². The van der Waals surface area contributed by atoms with Gasteiger partial charge in [-0.15, -0.1) is 33.2 Å². The van der Waals surface area contributed by atoms with Crippen molar-refractivity contribution in [3.8, 4) is 0 Å². The molecular weight excluding hydrogens is 406 g/mol. The molecule has 1 atom stereocenters. The zero-order valence-electron chi connectivity index (χ0n) is 13.9. The average molecular weight is 433 g/mol. The lowest BCUT2D eigenvalue weighted by Gasteiger charge is -2.59. The Kier molecular flexibility index (Phi) is 6.49. The zero-order chi connectivity index (χ0) is 17.0. The van der Waals surface area contributed by atoms with Crippen molar-refractivity contribution < 1.29 is 0 Å². The van der Waals surface area contributed by atoms with Gasteiger partial charge in [0.25, 0.3) is 0 Å². The fourth-order valence-corrected chi connectivity index (χ4v) is 67.7. The fraction of sp³-hybridized carbons (Fsp3) is 1.00. The van der Waals surface area contributed by atoms with Crippen LogP contribution < -0.4 is 0 Å². The van der Waals surface area contributed by atoms with Gasteiger partial charge < -0.3 is 0 Å². The summed E-state index contributed by atoms with van der Waals surface area (Å²) in [4.78, 5) is 0. The molecule has 0 nitrogen and oxygen atoms in total. The highest BCUT2D eigenvalue weighted by atomic mass is 35.9. The highest BCUT2D eigenvalue weighted by Crippen LogP contribution is 2.67. The van der Waals surface area contributed by atoms with Gasteiger partial charge in [-0.25, -0.2) is 0 Å². The van der Waals surface area contributed by atoms with E-state index in [0.29, 0.717) is 0 Å². The molecule has 0 rings (SSSR count). The van der Waals surface area contributed by atoms with E-state index < -0.39 is 18.8 Å². The van der Waals surface area contributed by atoms with Crippen LogP contribution in [0.15, 0.2) is 0 Å². The second-order valence-corrected chi connectivity index (χ2v) is 43.1. The van der Waals surface area contributed by atoms with E-state index >= 15 is 0 Å². The van der Waals surface area contributed by atoms with E-state index in [2.05, 4.69) is 62.3 Å². The molecule has 8 heteroatoms. The van der Waals surface area contributed by atoms with Crippen LogP contribution in [-0.4, -0.2) is 18.8 Å². The Balaban J connectivity index is 6.71. The molecule has 122 valence electrons. The van der Waals surface area contributed by atoms with E-state index in [-0.39, 0.29) is 15.1 Å². The molecule has 0 aliphatic carbocycles. The molecule has 0 N–H and O–H groups in total. The smallest absolute Gasteiger partial charge is 0.168 e. The minimum atomic E-state index is -3.15. The molecule has 0 saturated carbocycles. The van der Waals surface area contributed by atoms with Crippen LogP contribution in [0.5, 0.6) is 0 Å². The predicted octanol–water partition coefficient (Wildman–Crippen LogP) is 7.57. The molecule has 0 bridgehead atoms. The summed E-state index contributed by atoms with van der Waals surface area (Å²) in [5.74, 6) is 0. The molecule has 0 radical (unpaired) electrons. The molecule has 0 fully saturated rings. The summed E-state index contributed by atoms with van der Waals surface area (Å²) in [6.07, 6.45) is -2.87. The Labute approximate surface area is 151 Å². The highest BCUT2D eigenvalue weighted by molar-refractivity contribution is 8.10. The summed E-state index contributed by atoms with van der Waals surface area (Å²) in [5.41, 5.74) is -3.15. The van der Waals surface area contributed by atoms with Crippen LogP contribution >= 0.6 is 55.4 Å². The second-order valence-electron chi connectivity index (χ2n) is 8.56. The molecule has 0 amide bonds. The lowest BCUT2D eigenvalue weighted by molar-refractivity contribution is 0.641. The van der Waals surface area contributed by atoms with Crippen LogP contribution in [0, 0.1) is 0 Å². The van der Waals surface area contributed by atoms with Crippen molar-refractivity contribution in [2.45, 2.75) is 77.4 Å². The first-order valence-corrected chi connectivity index (χ1v) is 19.8. The van der Waals surface area contributed by atoms with Crippen molar-refractivity contribution in [3.63, 3.8) is 0 Å². The summed E-state index contributed by atoms with van der Waals surface area (Å²) >= 11 is 34.4. The van der Waals surface area contributed by atoms with E-state index in [4.69, 9.17) is 55.4 Å². The standard InChI is InChI=1S/C12H27Cl5Si3/c1-10(2,3)18(13,11(4,5)6)19(14,12(7,8)9)20(15,16)17/h1-9H3. The van der Waals surface area contributed by atoms with Crippen LogP contribution in [0.1, 0.15) is 62.3 Å². The van der Waals surface area contributed by atoms with Gasteiger partial charge in [-0.3, -0.25) is 0 Å². The monoisotopic (exact) mass is 430 g/mol. The van der Waals surface area contributed by atoms with Gasteiger partial charge in [0.15, 0.2) is 6.90 Å². The molecule has 0 aliphatic rings. The van der Waals surface area contributed by atoms with Gasteiger partial charge in [0, 0.05) is 0 Å². The Morgan fingerprint density at radius 2 is 0.750 bits per heavy atom. The van der Waals surface area contributed by atoms with Crippen molar-refractivity contribution in [2.24, 2.45) is 0 Å². The van der Waals surface area contributed by atoms with E-state index in [1.807, 2.05) is 0 Å². The summed E-state index contributed by atoms with van der Waals surface area (Å²) < 4.78 is 0. The number of hydrogen-bond acceptors (Lipinski definition) is 0. The first-order valence-electron chi connectivity index (χ1n) is 6.69. The van der Waals surface area contributed by atoms with E-state index in [1.165, 1.54) is 0 Å². The molecule has 0 aromatic rings. The number of hydrogen-bond donors (Lipinski definition) is 0. The Morgan fingerprint density at radius 1 is 0.500 bits per heavy atom. The van der Waals surface area contributed by atoms with Gasteiger partial charge >= 0.3 is 5.52 Å². The molecule has 0 heterocycles. The Bertz CT molecular complexity index is 293. The quantitative estimate of drug-likeness (QED) is 0.312. The van der Waals surface area contributed by atoms with Crippen LogP contribution in [-0.2, 0) is 0 Å². The lowest BCUT2D eigenvalue weighted by Crippen LogP contribution is -2.77. The zero-order valence-corrected chi connectivity index (χ0v) is 20.7. The minimum Gasteiger partial charge on any atom is -0.168 e. The maximum absolute atomic E-state index is 7.42. The first kappa shape index (κ1) is 22.1. The Hall–Kier alpha value is 2.10. The third kappa shape index (κ3) is 3.31.